The number of ether oxygens (including phenoxy) is 1. The standard InChI is InChI=1S/C15H10F3IO2/c1-21-13-7-6-9(19)8-11(13)14(20)10-4-2-3-5-12(10)15(16,17)18/h2-8H,1H3. The van der Waals surface area contributed by atoms with E-state index in [1.807, 2.05) is 22.6 Å². The second-order valence-corrected chi connectivity index (χ2v) is 5.46. The van der Waals surface area contributed by atoms with Crippen molar-refractivity contribution >= 4 is 28.4 Å². The van der Waals surface area contributed by atoms with Crippen LogP contribution in [0.25, 0.3) is 0 Å². The van der Waals surface area contributed by atoms with E-state index >= 15 is 0 Å². The number of rotatable bonds is 3. The molecule has 0 atom stereocenters. The Hall–Kier alpha value is -1.57. The van der Waals surface area contributed by atoms with Crippen molar-refractivity contribution in [2.24, 2.45) is 0 Å². The van der Waals surface area contributed by atoms with Crippen LogP contribution in [-0.4, -0.2) is 12.9 Å². The van der Waals surface area contributed by atoms with Gasteiger partial charge in [0.25, 0.3) is 0 Å². The molecule has 0 amide bonds. The lowest BCUT2D eigenvalue weighted by molar-refractivity contribution is -0.137. The van der Waals surface area contributed by atoms with Gasteiger partial charge in [-0.1, -0.05) is 18.2 Å². The van der Waals surface area contributed by atoms with E-state index in [9.17, 15) is 18.0 Å². The summed E-state index contributed by atoms with van der Waals surface area (Å²) < 4.78 is 44.8. The summed E-state index contributed by atoms with van der Waals surface area (Å²) in [6.07, 6.45) is -4.58. The first-order valence-corrected chi connectivity index (χ1v) is 6.97. The Bertz CT molecular complexity index is 681. The van der Waals surface area contributed by atoms with Gasteiger partial charge in [-0.15, -0.1) is 0 Å². The summed E-state index contributed by atoms with van der Waals surface area (Å²) in [5.41, 5.74) is -1.22. The Labute approximate surface area is 133 Å². The molecule has 0 radical (unpaired) electrons. The molecule has 6 heteroatoms. The minimum atomic E-state index is -4.58. The molecule has 0 aliphatic heterocycles. The summed E-state index contributed by atoms with van der Waals surface area (Å²) >= 11 is 1.99. The molecule has 0 aromatic heterocycles. The highest BCUT2D eigenvalue weighted by atomic mass is 127. The fourth-order valence-corrected chi connectivity index (χ4v) is 2.42. The summed E-state index contributed by atoms with van der Waals surface area (Å²) in [4.78, 5) is 12.5. The van der Waals surface area contributed by atoms with E-state index < -0.39 is 17.5 Å². The van der Waals surface area contributed by atoms with E-state index in [-0.39, 0.29) is 16.9 Å². The molecule has 0 saturated carbocycles. The van der Waals surface area contributed by atoms with Gasteiger partial charge in [0, 0.05) is 9.13 Å². The highest BCUT2D eigenvalue weighted by Gasteiger charge is 2.35. The zero-order valence-electron chi connectivity index (χ0n) is 10.9. The van der Waals surface area contributed by atoms with Gasteiger partial charge in [-0.25, -0.2) is 0 Å². The van der Waals surface area contributed by atoms with Crippen LogP contribution in [0.4, 0.5) is 13.2 Å². The van der Waals surface area contributed by atoms with Crippen LogP contribution in [-0.2, 0) is 6.18 Å². The zero-order chi connectivity index (χ0) is 15.6. The van der Waals surface area contributed by atoms with Crippen molar-refractivity contribution in [1.29, 1.82) is 0 Å². The smallest absolute Gasteiger partial charge is 0.417 e. The van der Waals surface area contributed by atoms with Gasteiger partial charge in [0.1, 0.15) is 5.75 Å². The summed E-state index contributed by atoms with van der Waals surface area (Å²) in [5.74, 6) is -0.462. The van der Waals surface area contributed by atoms with E-state index in [4.69, 9.17) is 4.74 Å². The van der Waals surface area contributed by atoms with Gasteiger partial charge in [-0.3, -0.25) is 4.79 Å². The third kappa shape index (κ3) is 3.37. The SMILES string of the molecule is COc1ccc(I)cc1C(=O)c1ccccc1C(F)(F)F. The summed E-state index contributed by atoms with van der Waals surface area (Å²) in [6.45, 7) is 0. The molecule has 2 rings (SSSR count). The molecular formula is C15H10F3IO2. The lowest BCUT2D eigenvalue weighted by Crippen LogP contribution is -2.14. The van der Waals surface area contributed by atoms with Gasteiger partial charge in [0.05, 0.1) is 18.2 Å². The fourth-order valence-electron chi connectivity index (χ4n) is 1.93. The van der Waals surface area contributed by atoms with Crippen LogP contribution < -0.4 is 4.74 Å². The predicted molar refractivity (Wildman–Crippen MR) is 80.6 cm³/mol. The Morgan fingerprint density at radius 1 is 1.10 bits per heavy atom. The molecule has 0 N–H and O–H groups in total. The Morgan fingerprint density at radius 3 is 2.38 bits per heavy atom. The van der Waals surface area contributed by atoms with Crippen molar-refractivity contribution in [1.82, 2.24) is 0 Å². The van der Waals surface area contributed by atoms with Crippen molar-refractivity contribution in [2.45, 2.75) is 6.18 Å². The minimum absolute atomic E-state index is 0.112. The topological polar surface area (TPSA) is 26.3 Å². The third-order valence-corrected chi connectivity index (χ3v) is 3.55. The molecule has 2 aromatic rings. The molecule has 0 heterocycles. The summed E-state index contributed by atoms with van der Waals surface area (Å²) in [5, 5.41) is 0. The Balaban J connectivity index is 2.59. The number of hydrogen-bond acceptors (Lipinski definition) is 2. The highest BCUT2D eigenvalue weighted by Crippen LogP contribution is 2.34. The third-order valence-electron chi connectivity index (χ3n) is 2.88. The fraction of sp³-hybridized carbons (Fsp3) is 0.133. The zero-order valence-corrected chi connectivity index (χ0v) is 13.0. The summed E-state index contributed by atoms with van der Waals surface area (Å²) in [6, 6.07) is 9.51. The van der Waals surface area contributed by atoms with E-state index in [0.29, 0.717) is 0 Å². The second-order valence-electron chi connectivity index (χ2n) is 4.22. The van der Waals surface area contributed by atoms with Crippen LogP contribution in [0.2, 0.25) is 0 Å². The lowest BCUT2D eigenvalue weighted by atomic mass is 9.97. The quantitative estimate of drug-likeness (QED) is 0.553. The predicted octanol–water partition coefficient (Wildman–Crippen LogP) is 4.55. The number of methoxy groups -OCH3 is 1. The van der Waals surface area contributed by atoms with Gasteiger partial charge in [0.15, 0.2) is 5.78 Å². The van der Waals surface area contributed by atoms with Gasteiger partial charge >= 0.3 is 6.18 Å². The number of alkyl halides is 3. The molecular weight excluding hydrogens is 396 g/mol. The van der Waals surface area contributed by atoms with Crippen molar-refractivity contribution in [2.75, 3.05) is 7.11 Å². The number of halogens is 4. The van der Waals surface area contributed by atoms with Crippen molar-refractivity contribution in [3.63, 3.8) is 0 Å². The van der Waals surface area contributed by atoms with Crippen LogP contribution in [0.3, 0.4) is 0 Å². The molecule has 0 aliphatic rings. The molecule has 0 aliphatic carbocycles. The normalized spacial score (nSPS) is 11.3. The average molecular weight is 406 g/mol. The number of carbonyl (C=O) groups excluding carboxylic acids is 1. The maximum Gasteiger partial charge on any atom is 0.417 e. The maximum atomic E-state index is 13.0. The highest BCUT2D eigenvalue weighted by molar-refractivity contribution is 14.1. The lowest BCUT2D eigenvalue weighted by Gasteiger charge is -2.13. The number of ketones is 1. The number of hydrogen-bond donors (Lipinski definition) is 0. The van der Waals surface area contributed by atoms with Crippen LogP contribution >= 0.6 is 22.6 Å². The first-order valence-electron chi connectivity index (χ1n) is 5.89. The largest absolute Gasteiger partial charge is 0.496 e. The van der Waals surface area contributed by atoms with Crippen molar-refractivity contribution in [3.05, 3.63) is 62.7 Å². The van der Waals surface area contributed by atoms with Crippen LogP contribution in [0.5, 0.6) is 5.75 Å². The molecule has 0 spiro atoms. The van der Waals surface area contributed by atoms with E-state index in [1.54, 1.807) is 12.1 Å². The van der Waals surface area contributed by atoms with Crippen LogP contribution in [0.15, 0.2) is 42.5 Å². The van der Waals surface area contributed by atoms with Crippen molar-refractivity contribution in [3.8, 4) is 5.75 Å². The molecule has 0 bridgehead atoms. The summed E-state index contributed by atoms with van der Waals surface area (Å²) in [7, 11) is 1.37. The molecule has 2 nitrogen and oxygen atoms in total. The van der Waals surface area contributed by atoms with Gasteiger partial charge < -0.3 is 4.74 Å². The Kier molecular flexibility index (Phi) is 4.55. The Morgan fingerprint density at radius 2 is 1.76 bits per heavy atom. The van der Waals surface area contributed by atoms with Gasteiger partial charge in [-0.05, 0) is 46.9 Å². The second kappa shape index (κ2) is 6.05. The van der Waals surface area contributed by atoms with Gasteiger partial charge in [0.2, 0.25) is 0 Å². The number of benzene rings is 2. The molecule has 21 heavy (non-hydrogen) atoms. The van der Waals surface area contributed by atoms with Gasteiger partial charge in [-0.2, -0.15) is 13.2 Å². The van der Waals surface area contributed by atoms with E-state index in [0.717, 1.165) is 9.64 Å². The van der Waals surface area contributed by atoms with E-state index in [2.05, 4.69) is 0 Å². The molecule has 2 aromatic carbocycles. The van der Waals surface area contributed by atoms with Crippen LogP contribution in [0.1, 0.15) is 21.5 Å². The first kappa shape index (κ1) is 15.8. The van der Waals surface area contributed by atoms with Crippen molar-refractivity contribution < 1.29 is 22.7 Å². The maximum absolute atomic E-state index is 13.0. The molecule has 0 fully saturated rings. The molecule has 0 unspecified atom stereocenters. The molecule has 0 saturated heterocycles. The minimum Gasteiger partial charge on any atom is -0.496 e. The molecule has 110 valence electrons. The van der Waals surface area contributed by atoms with Crippen LogP contribution in [0, 0.1) is 3.57 Å². The monoisotopic (exact) mass is 406 g/mol. The average Bonchev–Trinajstić information content (AvgIpc) is 2.45. The first-order chi connectivity index (χ1) is 9.84. The van der Waals surface area contributed by atoms with E-state index in [1.165, 1.54) is 31.4 Å². The number of carbonyl (C=O) groups is 1.